The minimum atomic E-state index is -1.38. The van der Waals surface area contributed by atoms with Gasteiger partial charge in [0.25, 0.3) is 0 Å². The summed E-state index contributed by atoms with van der Waals surface area (Å²) in [4.78, 5) is 23.8. The van der Waals surface area contributed by atoms with E-state index < -0.39 is 17.6 Å². The summed E-state index contributed by atoms with van der Waals surface area (Å²) in [7, 11) is 0. The Balaban J connectivity index is 2.23. The Hall–Kier alpha value is -2.11. The first kappa shape index (κ1) is 12.3. The van der Waals surface area contributed by atoms with E-state index in [1.807, 2.05) is 0 Å². The first-order valence-electron chi connectivity index (χ1n) is 5.36. The molecule has 0 spiro atoms. The third kappa shape index (κ3) is 2.01. The van der Waals surface area contributed by atoms with Gasteiger partial charge in [-0.3, -0.25) is 4.90 Å². The van der Waals surface area contributed by atoms with Crippen LogP contribution in [0.3, 0.4) is 0 Å². The summed E-state index contributed by atoms with van der Waals surface area (Å²) in [5, 5.41) is 9.15. The summed E-state index contributed by atoms with van der Waals surface area (Å²) in [6.45, 7) is 1.30. The van der Waals surface area contributed by atoms with Crippen LogP contribution in [0.15, 0.2) is 24.3 Å². The number of aliphatic carboxylic acids is 1. The molecule has 1 amide bonds. The molecule has 2 rings (SSSR count). The second-order valence-electron chi connectivity index (χ2n) is 4.35. The van der Waals surface area contributed by atoms with Gasteiger partial charge in [0.05, 0.1) is 6.54 Å². The molecular weight excluding hydrogens is 241 g/mol. The minimum Gasteiger partial charge on any atom is -0.479 e. The number of carboxylic acid groups (broad SMARTS) is 1. The minimum absolute atomic E-state index is 0.0713. The molecule has 1 aromatic carbocycles. The zero-order valence-electron chi connectivity index (χ0n) is 9.72. The molecule has 0 aromatic heterocycles. The number of halogens is 1. The maximum absolute atomic E-state index is 12.8. The van der Waals surface area contributed by atoms with Gasteiger partial charge in [-0.15, -0.1) is 0 Å². The SMILES string of the molecule is CC1(C(=O)O)COC(=O)N1Cc1ccc(F)cc1. The molecule has 0 aliphatic carbocycles. The monoisotopic (exact) mass is 253 g/mol. The fourth-order valence-corrected chi connectivity index (χ4v) is 1.75. The summed E-state index contributed by atoms with van der Waals surface area (Å²) in [6, 6.07) is 5.52. The van der Waals surface area contributed by atoms with E-state index in [4.69, 9.17) is 9.84 Å². The highest BCUT2D eigenvalue weighted by molar-refractivity contribution is 5.86. The molecule has 1 unspecified atom stereocenters. The second-order valence-corrected chi connectivity index (χ2v) is 4.35. The molecule has 96 valence electrons. The lowest BCUT2D eigenvalue weighted by molar-refractivity contribution is -0.147. The normalized spacial score (nSPS) is 23.0. The van der Waals surface area contributed by atoms with E-state index >= 15 is 0 Å². The smallest absolute Gasteiger partial charge is 0.411 e. The average Bonchev–Trinajstić information content (AvgIpc) is 2.61. The topological polar surface area (TPSA) is 66.8 Å². The van der Waals surface area contributed by atoms with Crippen molar-refractivity contribution in [1.29, 1.82) is 0 Å². The second kappa shape index (κ2) is 4.29. The first-order valence-corrected chi connectivity index (χ1v) is 5.36. The molecule has 1 aliphatic rings. The van der Waals surface area contributed by atoms with Crippen molar-refractivity contribution in [2.45, 2.75) is 19.0 Å². The molecule has 5 nitrogen and oxygen atoms in total. The van der Waals surface area contributed by atoms with E-state index in [9.17, 15) is 14.0 Å². The number of carbonyl (C=O) groups is 2. The van der Waals surface area contributed by atoms with E-state index in [1.165, 1.54) is 31.2 Å². The van der Waals surface area contributed by atoms with Crippen molar-refractivity contribution in [1.82, 2.24) is 4.90 Å². The number of hydrogen-bond acceptors (Lipinski definition) is 3. The molecule has 0 bridgehead atoms. The van der Waals surface area contributed by atoms with Crippen molar-refractivity contribution in [2.75, 3.05) is 6.61 Å². The van der Waals surface area contributed by atoms with Crippen LogP contribution in [0.5, 0.6) is 0 Å². The quantitative estimate of drug-likeness (QED) is 0.888. The van der Waals surface area contributed by atoms with Crippen LogP contribution >= 0.6 is 0 Å². The predicted octanol–water partition coefficient (Wildman–Crippen LogP) is 1.62. The van der Waals surface area contributed by atoms with Gasteiger partial charge in [-0.1, -0.05) is 12.1 Å². The third-order valence-electron chi connectivity index (χ3n) is 3.01. The lowest BCUT2D eigenvalue weighted by atomic mass is 10.0. The van der Waals surface area contributed by atoms with Crippen LogP contribution in [0.2, 0.25) is 0 Å². The van der Waals surface area contributed by atoms with Gasteiger partial charge in [-0.2, -0.15) is 0 Å². The summed E-state index contributed by atoms with van der Waals surface area (Å²) in [5.41, 5.74) is -0.742. The lowest BCUT2D eigenvalue weighted by Crippen LogP contribution is -2.50. The van der Waals surface area contributed by atoms with Gasteiger partial charge >= 0.3 is 12.1 Å². The summed E-state index contributed by atoms with van der Waals surface area (Å²) in [5.74, 6) is -1.51. The van der Waals surface area contributed by atoms with Crippen LogP contribution in [0.4, 0.5) is 9.18 Å². The molecule has 1 aromatic rings. The van der Waals surface area contributed by atoms with Crippen molar-refractivity contribution >= 4 is 12.1 Å². The third-order valence-corrected chi connectivity index (χ3v) is 3.01. The number of carbonyl (C=O) groups excluding carboxylic acids is 1. The summed E-state index contributed by atoms with van der Waals surface area (Å²) >= 11 is 0. The molecule has 6 heteroatoms. The zero-order chi connectivity index (χ0) is 13.3. The molecule has 1 saturated heterocycles. The van der Waals surface area contributed by atoms with Gasteiger partial charge in [0, 0.05) is 0 Å². The highest BCUT2D eigenvalue weighted by Crippen LogP contribution is 2.26. The summed E-state index contributed by atoms with van der Waals surface area (Å²) < 4.78 is 17.5. The first-order chi connectivity index (χ1) is 8.43. The Morgan fingerprint density at radius 3 is 2.67 bits per heavy atom. The lowest BCUT2D eigenvalue weighted by Gasteiger charge is -2.27. The molecular formula is C12H12FNO4. The van der Waals surface area contributed by atoms with E-state index in [-0.39, 0.29) is 19.0 Å². The Morgan fingerprint density at radius 1 is 1.50 bits per heavy atom. The molecule has 0 radical (unpaired) electrons. The van der Waals surface area contributed by atoms with E-state index in [1.54, 1.807) is 0 Å². The Labute approximate surface area is 103 Å². The van der Waals surface area contributed by atoms with Gasteiger partial charge in [-0.25, -0.2) is 14.0 Å². The fourth-order valence-electron chi connectivity index (χ4n) is 1.75. The van der Waals surface area contributed by atoms with Gasteiger partial charge in [-0.05, 0) is 24.6 Å². The highest BCUT2D eigenvalue weighted by atomic mass is 19.1. The number of benzene rings is 1. The van der Waals surface area contributed by atoms with Crippen molar-refractivity contribution < 1.29 is 23.8 Å². The Bertz CT molecular complexity index is 487. The molecule has 1 fully saturated rings. The van der Waals surface area contributed by atoms with Gasteiger partial charge in [0.2, 0.25) is 0 Å². The Kier molecular flexibility index (Phi) is 2.94. The Morgan fingerprint density at radius 2 is 2.11 bits per heavy atom. The maximum Gasteiger partial charge on any atom is 0.411 e. The van der Waals surface area contributed by atoms with Crippen molar-refractivity contribution in [3.05, 3.63) is 35.6 Å². The predicted molar refractivity (Wildman–Crippen MR) is 59.3 cm³/mol. The number of hydrogen-bond donors (Lipinski definition) is 1. The van der Waals surface area contributed by atoms with E-state index in [0.29, 0.717) is 5.56 Å². The highest BCUT2D eigenvalue weighted by Gasteiger charge is 2.49. The number of nitrogens with zero attached hydrogens (tertiary/aromatic N) is 1. The van der Waals surface area contributed by atoms with Gasteiger partial charge in [0.15, 0.2) is 5.54 Å². The number of cyclic esters (lactones) is 1. The molecule has 0 saturated carbocycles. The molecule has 1 N–H and O–H groups in total. The molecule has 18 heavy (non-hydrogen) atoms. The summed E-state index contributed by atoms with van der Waals surface area (Å²) in [6.07, 6.45) is -0.677. The van der Waals surface area contributed by atoms with Crippen molar-refractivity contribution in [2.24, 2.45) is 0 Å². The maximum atomic E-state index is 12.8. The fraction of sp³-hybridized carbons (Fsp3) is 0.333. The average molecular weight is 253 g/mol. The number of ether oxygens (including phenoxy) is 1. The zero-order valence-corrected chi connectivity index (χ0v) is 9.72. The van der Waals surface area contributed by atoms with Crippen molar-refractivity contribution in [3.8, 4) is 0 Å². The standard InChI is InChI=1S/C12H12FNO4/c1-12(10(15)16)7-18-11(17)14(12)6-8-2-4-9(13)5-3-8/h2-5H,6-7H2,1H3,(H,15,16). The largest absolute Gasteiger partial charge is 0.479 e. The molecule has 1 atom stereocenters. The van der Waals surface area contributed by atoms with Crippen LogP contribution in [-0.4, -0.2) is 34.2 Å². The molecule has 1 heterocycles. The van der Waals surface area contributed by atoms with E-state index in [2.05, 4.69) is 0 Å². The van der Waals surface area contributed by atoms with Crippen LogP contribution in [-0.2, 0) is 16.1 Å². The molecule has 1 aliphatic heterocycles. The number of amides is 1. The number of carboxylic acids is 1. The van der Waals surface area contributed by atoms with Gasteiger partial charge in [0.1, 0.15) is 12.4 Å². The van der Waals surface area contributed by atoms with Crippen molar-refractivity contribution in [3.63, 3.8) is 0 Å². The number of rotatable bonds is 3. The van der Waals surface area contributed by atoms with Gasteiger partial charge < -0.3 is 9.84 Å². The van der Waals surface area contributed by atoms with Crippen LogP contribution in [0.25, 0.3) is 0 Å². The van der Waals surface area contributed by atoms with Crippen LogP contribution < -0.4 is 0 Å². The van der Waals surface area contributed by atoms with Crippen LogP contribution in [0, 0.1) is 5.82 Å². The van der Waals surface area contributed by atoms with Crippen LogP contribution in [0.1, 0.15) is 12.5 Å². The van der Waals surface area contributed by atoms with E-state index in [0.717, 1.165) is 4.90 Å².